The van der Waals surface area contributed by atoms with Gasteiger partial charge < -0.3 is 9.52 Å². The number of sulfonamides is 1. The number of carbonyl (C=O) groups is 2. The largest absolute Gasteiger partial charge is 0.478 e. The van der Waals surface area contributed by atoms with Crippen LogP contribution in [0.1, 0.15) is 29.0 Å². The normalized spacial score (nSPS) is 16.7. The highest BCUT2D eigenvalue weighted by atomic mass is 35.5. The lowest BCUT2D eigenvalue weighted by Gasteiger charge is -2.22. The molecule has 2 heterocycles. The van der Waals surface area contributed by atoms with Crippen LogP contribution in [0.2, 0.25) is 5.02 Å². The van der Waals surface area contributed by atoms with Crippen LogP contribution in [-0.2, 0) is 14.8 Å². The van der Waals surface area contributed by atoms with Gasteiger partial charge in [0.15, 0.2) is 0 Å². The van der Waals surface area contributed by atoms with Crippen molar-refractivity contribution in [2.75, 3.05) is 6.54 Å². The smallest absolute Gasteiger partial charge is 0.336 e. The van der Waals surface area contributed by atoms with E-state index >= 15 is 0 Å². The third-order valence-corrected chi connectivity index (χ3v) is 7.52. The molecule has 3 aromatic rings. The molecule has 2 N–H and O–H groups in total. The standard InChI is InChI=1S/C23H20ClN3O6S/c24-15-7-10-17(11-8-15)34(31,32)27-13-3-6-20(27)22(28)26-25-14-16-9-12-21(33-16)18-4-1-2-5-19(18)23(29)30/h1-2,4-5,7-12,14,20H,3,6,13H2,(H,26,28)(H,29,30)/b25-14-/t20-/m1/s1. The highest BCUT2D eigenvalue weighted by Crippen LogP contribution is 2.27. The van der Waals surface area contributed by atoms with E-state index in [0.29, 0.717) is 29.2 Å². The van der Waals surface area contributed by atoms with Crippen LogP contribution in [0, 0.1) is 0 Å². The van der Waals surface area contributed by atoms with Gasteiger partial charge in [-0.2, -0.15) is 9.41 Å². The van der Waals surface area contributed by atoms with Gasteiger partial charge in [0.2, 0.25) is 10.0 Å². The van der Waals surface area contributed by atoms with E-state index in [4.69, 9.17) is 16.0 Å². The number of rotatable bonds is 7. The summed E-state index contributed by atoms with van der Waals surface area (Å²) in [5, 5.41) is 13.6. The third-order valence-electron chi connectivity index (χ3n) is 5.34. The minimum Gasteiger partial charge on any atom is -0.478 e. The van der Waals surface area contributed by atoms with Gasteiger partial charge >= 0.3 is 5.97 Å². The number of carboxylic acid groups (broad SMARTS) is 1. The Labute approximate surface area is 200 Å². The van der Waals surface area contributed by atoms with Crippen LogP contribution in [-0.4, -0.2) is 48.5 Å². The molecule has 1 aromatic heterocycles. The number of nitrogens with zero attached hydrogens (tertiary/aromatic N) is 2. The zero-order valence-corrected chi connectivity index (χ0v) is 19.3. The maximum Gasteiger partial charge on any atom is 0.336 e. The molecule has 2 aromatic carbocycles. The van der Waals surface area contributed by atoms with Crippen molar-refractivity contribution in [1.82, 2.24) is 9.73 Å². The molecular formula is C23H20ClN3O6S. The summed E-state index contributed by atoms with van der Waals surface area (Å²) >= 11 is 5.84. The Bertz CT molecular complexity index is 1350. The molecule has 1 aliphatic rings. The van der Waals surface area contributed by atoms with Gasteiger partial charge in [-0.05, 0) is 55.3 Å². The van der Waals surface area contributed by atoms with Crippen molar-refractivity contribution in [2.45, 2.75) is 23.8 Å². The molecule has 1 aliphatic heterocycles. The van der Waals surface area contributed by atoms with Crippen LogP contribution >= 0.6 is 11.6 Å². The molecule has 1 fully saturated rings. The molecular weight excluding hydrogens is 482 g/mol. The van der Waals surface area contributed by atoms with E-state index in [1.54, 1.807) is 30.3 Å². The number of hydrogen-bond acceptors (Lipinski definition) is 6. The van der Waals surface area contributed by atoms with E-state index in [-0.39, 0.29) is 22.8 Å². The molecule has 0 saturated carbocycles. The van der Waals surface area contributed by atoms with Crippen molar-refractivity contribution in [2.24, 2.45) is 5.10 Å². The summed E-state index contributed by atoms with van der Waals surface area (Å²) in [6.45, 7) is 0.220. The first-order valence-electron chi connectivity index (χ1n) is 10.3. The number of hydrazone groups is 1. The van der Waals surface area contributed by atoms with E-state index in [9.17, 15) is 23.1 Å². The van der Waals surface area contributed by atoms with Gasteiger partial charge in [-0.1, -0.05) is 29.8 Å². The Kier molecular flexibility index (Phi) is 6.82. The Morgan fingerprint density at radius 1 is 1.12 bits per heavy atom. The molecule has 0 radical (unpaired) electrons. The monoisotopic (exact) mass is 501 g/mol. The molecule has 1 atom stereocenters. The second-order valence-electron chi connectivity index (χ2n) is 7.51. The highest BCUT2D eigenvalue weighted by molar-refractivity contribution is 7.89. The molecule has 4 rings (SSSR count). The Morgan fingerprint density at radius 3 is 2.59 bits per heavy atom. The fourth-order valence-electron chi connectivity index (χ4n) is 3.72. The Hall–Kier alpha value is -3.47. The maximum absolute atomic E-state index is 13.0. The van der Waals surface area contributed by atoms with Crippen LogP contribution < -0.4 is 5.43 Å². The van der Waals surface area contributed by atoms with Crippen molar-refractivity contribution >= 4 is 39.7 Å². The van der Waals surface area contributed by atoms with Crippen molar-refractivity contribution in [1.29, 1.82) is 0 Å². The summed E-state index contributed by atoms with van der Waals surface area (Å²) in [6, 6.07) is 14.5. The third kappa shape index (κ3) is 4.89. The van der Waals surface area contributed by atoms with Crippen molar-refractivity contribution < 1.29 is 27.5 Å². The van der Waals surface area contributed by atoms with Crippen molar-refractivity contribution in [3.05, 3.63) is 77.0 Å². The number of furan rings is 1. The van der Waals surface area contributed by atoms with Gasteiger partial charge in [-0.25, -0.2) is 18.6 Å². The second-order valence-corrected chi connectivity index (χ2v) is 9.84. The summed E-state index contributed by atoms with van der Waals surface area (Å²) in [5.74, 6) is -1.02. The molecule has 9 nitrogen and oxygen atoms in total. The molecule has 0 spiro atoms. The molecule has 34 heavy (non-hydrogen) atoms. The van der Waals surface area contributed by atoms with E-state index in [2.05, 4.69) is 10.5 Å². The van der Waals surface area contributed by atoms with E-state index in [1.807, 2.05) is 0 Å². The first kappa shape index (κ1) is 23.7. The number of aromatic carboxylic acids is 1. The molecule has 1 amide bonds. The quantitative estimate of drug-likeness (QED) is 0.376. The van der Waals surface area contributed by atoms with Crippen LogP contribution in [0.25, 0.3) is 11.3 Å². The predicted octanol–water partition coefficient (Wildman–Crippen LogP) is 3.60. The van der Waals surface area contributed by atoms with Crippen LogP contribution in [0.3, 0.4) is 0 Å². The van der Waals surface area contributed by atoms with Crippen LogP contribution in [0.5, 0.6) is 0 Å². The number of carbonyl (C=O) groups excluding carboxylic acids is 1. The first-order valence-corrected chi connectivity index (χ1v) is 12.1. The molecule has 11 heteroatoms. The maximum atomic E-state index is 13.0. The number of halogens is 1. The number of carboxylic acids is 1. The summed E-state index contributed by atoms with van der Waals surface area (Å²) in [5.41, 5.74) is 2.87. The number of benzene rings is 2. The van der Waals surface area contributed by atoms with Gasteiger partial charge in [0.05, 0.1) is 16.7 Å². The topological polar surface area (TPSA) is 129 Å². The van der Waals surface area contributed by atoms with Crippen molar-refractivity contribution in [3.8, 4) is 11.3 Å². The molecule has 0 aliphatic carbocycles. The van der Waals surface area contributed by atoms with Crippen molar-refractivity contribution in [3.63, 3.8) is 0 Å². The SMILES string of the molecule is O=C(O)c1ccccc1-c1ccc(/C=N\NC(=O)[C@H]2CCCN2S(=O)(=O)c2ccc(Cl)cc2)o1. The number of amides is 1. The van der Waals surface area contributed by atoms with E-state index in [0.717, 1.165) is 4.31 Å². The molecule has 176 valence electrons. The van der Waals surface area contributed by atoms with Crippen LogP contribution in [0.4, 0.5) is 0 Å². The van der Waals surface area contributed by atoms with Gasteiger partial charge in [0.25, 0.3) is 5.91 Å². The molecule has 0 unspecified atom stereocenters. The van der Waals surface area contributed by atoms with E-state index in [1.165, 1.54) is 36.5 Å². The zero-order valence-electron chi connectivity index (χ0n) is 17.7. The lowest BCUT2D eigenvalue weighted by atomic mass is 10.1. The predicted molar refractivity (Wildman–Crippen MR) is 125 cm³/mol. The lowest BCUT2D eigenvalue weighted by Crippen LogP contribution is -2.44. The van der Waals surface area contributed by atoms with Crippen LogP contribution in [0.15, 0.2) is 75.1 Å². The summed E-state index contributed by atoms with van der Waals surface area (Å²) in [4.78, 5) is 24.1. The van der Waals surface area contributed by atoms with E-state index < -0.39 is 27.9 Å². The molecule has 1 saturated heterocycles. The summed E-state index contributed by atoms with van der Waals surface area (Å²) in [6.07, 6.45) is 2.17. The second kappa shape index (κ2) is 9.80. The Morgan fingerprint density at radius 2 is 1.85 bits per heavy atom. The summed E-state index contributed by atoms with van der Waals surface area (Å²) in [7, 11) is -3.87. The van der Waals surface area contributed by atoms with Gasteiger partial charge in [0, 0.05) is 17.1 Å². The van der Waals surface area contributed by atoms with Gasteiger partial charge in [-0.3, -0.25) is 4.79 Å². The lowest BCUT2D eigenvalue weighted by molar-refractivity contribution is -0.124. The van der Waals surface area contributed by atoms with Gasteiger partial charge in [-0.15, -0.1) is 0 Å². The zero-order chi connectivity index (χ0) is 24.3. The minimum atomic E-state index is -3.87. The summed E-state index contributed by atoms with van der Waals surface area (Å²) < 4.78 is 32.7. The van der Waals surface area contributed by atoms with Gasteiger partial charge in [0.1, 0.15) is 17.6 Å². The number of hydrogen-bond donors (Lipinski definition) is 2. The number of nitrogens with one attached hydrogen (secondary N) is 1. The highest BCUT2D eigenvalue weighted by Gasteiger charge is 2.39. The average Bonchev–Trinajstić information content (AvgIpc) is 3.50. The first-order chi connectivity index (χ1) is 16.3. The minimum absolute atomic E-state index is 0.0601. The fraction of sp³-hybridized carbons (Fsp3) is 0.174. The fourth-order valence-corrected chi connectivity index (χ4v) is 5.50. The average molecular weight is 502 g/mol. The molecule has 0 bridgehead atoms. The Balaban J connectivity index is 1.44.